The van der Waals surface area contributed by atoms with Gasteiger partial charge >= 0.3 is 0 Å². The summed E-state index contributed by atoms with van der Waals surface area (Å²) in [7, 11) is 0. The summed E-state index contributed by atoms with van der Waals surface area (Å²) in [6, 6.07) is 4.65. The summed E-state index contributed by atoms with van der Waals surface area (Å²) in [6.07, 6.45) is 0. The van der Waals surface area contributed by atoms with Crippen LogP contribution in [0.4, 0.5) is 0 Å². The molecule has 0 fully saturated rings. The minimum Gasteiger partial charge on any atom is -0.310 e. The Balaban J connectivity index is 3.23. The Morgan fingerprint density at radius 1 is 1.18 bits per heavy atom. The zero-order valence-corrected chi connectivity index (χ0v) is 12.6. The van der Waals surface area contributed by atoms with E-state index < -0.39 is 0 Å². The van der Waals surface area contributed by atoms with Crippen molar-refractivity contribution in [2.24, 2.45) is 5.41 Å². The molecule has 1 aromatic carbocycles. The van der Waals surface area contributed by atoms with Crippen molar-refractivity contribution in [2.75, 3.05) is 6.54 Å². The minimum atomic E-state index is 0.195. The first-order chi connectivity index (χ1) is 7.77. The van der Waals surface area contributed by atoms with E-state index in [2.05, 4.69) is 59.0 Å². The van der Waals surface area contributed by atoms with E-state index in [1.165, 1.54) is 11.1 Å². The predicted molar refractivity (Wildman–Crippen MR) is 76.8 cm³/mol. The molecule has 0 bridgehead atoms. The molecule has 0 aliphatic heterocycles. The summed E-state index contributed by atoms with van der Waals surface area (Å²) in [5.41, 5.74) is 3.98. The van der Waals surface area contributed by atoms with Gasteiger partial charge in [0.15, 0.2) is 0 Å². The van der Waals surface area contributed by atoms with Crippen molar-refractivity contribution in [3.8, 4) is 0 Å². The molecule has 1 rings (SSSR count). The molecular weight excluding hydrogens is 230 g/mol. The molecule has 0 amide bonds. The molecule has 1 aromatic rings. The van der Waals surface area contributed by atoms with E-state index in [0.29, 0.717) is 6.04 Å². The van der Waals surface area contributed by atoms with E-state index in [1.807, 2.05) is 0 Å². The molecule has 0 saturated heterocycles. The van der Waals surface area contributed by atoms with Crippen molar-refractivity contribution < 1.29 is 0 Å². The second-order valence-electron chi connectivity index (χ2n) is 5.81. The molecule has 1 N–H and O–H groups in total. The van der Waals surface area contributed by atoms with Crippen LogP contribution in [0.2, 0.25) is 5.02 Å². The Hall–Kier alpha value is -0.530. The summed E-state index contributed by atoms with van der Waals surface area (Å²) in [5, 5.41) is 4.44. The lowest BCUT2D eigenvalue weighted by Crippen LogP contribution is -2.32. The zero-order valence-electron chi connectivity index (χ0n) is 11.8. The van der Waals surface area contributed by atoms with E-state index in [9.17, 15) is 0 Å². The van der Waals surface area contributed by atoms with E-state index in [-0.39, 0.29) is 5.41 Å². The van der Waals surface area contributed by atoms with E-state index >= 15 is 0 Å². The van der Waals surface area contributed by atoms with Crippen LogP contribution in [0.3, 0.4) is 0 Å². The predicted octanol–water partition coefficient (Wildman–Crippen LogP) is 4.65. The van der Waals surface area contributed by atoms with Crippen LogP contribution in [0.15, 0.2) is 12.1 Å². The first-order valence-corrected chi connectivity index (χ1v) is 6.65. The Kier molecular flexibility index (Phi) is 4.62. The minimum absolute atomic E-state index is 0.195. The average Bonchev–Trinajstić information content (AvgIpc) is 2.19. The highest BCUT2D eigenvalue weighted by Crippen LogP contribution is 2.36. The van der Waals surface area contributed by atoms with Crippen molar-refractivity contribution in [3.05, 3.63) is 33.8 Å². The number of halogens is 1. The number of benzene rings is 1. The fraction of sp³-hybridized carbons (Fsp3) is 0.600. The van der Waals surface area contributed by atoms with Crippen molar-refractivity contribution in [1.29, 1.82) is 0 Å². The highest BCUT2D eigenvalue weighted by molar-refractivity contribution is 6.31. The van der Waals surface area contributed by atoms with Crippen LogP contribution in [0.5, 0.6) is 0 Å². The lowest BCUT2D eigenvalue weighted by atomic mass is 9.80. The fourth-order valence-electron chi connectivity index (χ4n) is 2.20. The van der Waals surface area contributed by atoms with Gasteiger partial charge in [-0.1, -0.05) is 45.4 Å². The third-order valence-electron chi connectivity index (χ3n) is 3.13. The van der Waals surface area contributed by atoms with Gasteiger partial charge in [0.1, 0.15) is 0 Å². The maximum absolute atomic E-state index is 6.16. The summed E-state index contributed by atoms with van der Waals surface area (Å²) in [6.45, 7) is 14.1. The number of hydrogen-bond acceptors (Lipinski definition) is 1. The lowest BCUT2D eigenvalue weighted by Gasteiger charge is -2.33. The second kappa shape index (κ2) is 5.41. The van der Waals surface area contributed by atoms with Gasteiger partial charge in [-0.3, -0.25) is 0 Å². The summed E-state index contributed by atoms with van der Waals surface area (Å²) in [4.78, 5) is 0. The van der Waals surface area contributed by atoms with Gasteiger partial charge in [0, 0.05) is 11.1 Å². The van der Waals surface area contributed by atoms with Crippen LogP contribution in [0.25, 0.3) is 0 Å². The van der Waals surface area contributed by atoms with Gasteiger partial charge in [0.25, 0.3) is 0 Å². The molecule has 17 heavy (non-hydrogen) atoms. The number of nitrogens with one attached hydrogen (secondary N) is 1. The molecule has 0 aromatic heterocycles. The number of hydrogen-bond donors (Lipinski definition) is 1. The molecule has 1 unspecified atom stereocenters. The van der Waals surface area contributed by atoms with Crippen LogP contribution >= 0.6 is 11.6 Å². The third kappa shape index (κ3) is 3.46. The monoisotopic (exact) mass is 253 g/mol. The van der Waals surface area contributed by atoms with E-state index in [1.54, 1.807) is 0 Å². The van der Waals surface area contributed by atoms with Crippen molar-refractivity contribution in [2.45, 2.75) is 47.6 Å². The standard InChI is InChI=1S/C15H24ClN/c1-7-17-14(15(4,5)6)12-8-11(3)13(16)9-10(12)2/h8-9,14,17H,7H2,1-6H3. The maximum Gasteiger partial charge on any atom is 0.0438 e. The molecule has 0 spiro atoms. The Morgan fingerprint density at radius 3 is 2.24 bits per heavy atom. The molecule has 0 aliphatic rings. The first kappa shape index (κ1) is 14.5. The fourth-order valence-corrected chi connectivity index (χ4v) is 2.42. The van der Waals surface area contributed by atoms with Gasteiger partial charge in [0.05, 0.1) is 0 Å². The highest BCUT2D eigenvalue weighted by atomic mass is 35.5. The summed E-state index contributed by atoms with van der Waals surface area (Å²) >= 11 is 6.16. The number of rotatable bonds is 3. The van der Waals surface area contributed by atoms with Gasteiger partial charge in [0.2, 0.25) is 0 Å². The normalized spacial score (nSPS) is 13.8. The summed E-state index contributed by atoms with van der Waals surface area (Å²) < 4.78 is 0. The van der Waals surface area contributed by atoms with Crippen LogP contribution in [0.1, 0.15) is 50.4 Å². The Bertz CT molecular complexity index is 391. The largest absolute Gasteiger partial charge is 0.310 e. The average molecular weight is 254 g/mol. The van der Waals surface area contributed by atoms with Crippen LogP contribution < -0.4 is 5.32 Å². The topological polar surface area (TPSA) is 12.0 Å². The lowest BCUT2D eigenvalue weighted by molar-refractivity contribution is 0.276. The van der Waals surface area contributed by atoms with E-state index in [0.717, 1.165) is 17.1 Å². The second-order valence-corrected chi connectivity index (χ2v) is 6.22. The molecule has 0 heterocycles. The van der Waals surface area contributed by atoms with Gasteiger partial charge < -0.3 is 5.32 Å². The molecule has 0 aliphatic carbocycles. The molecule has 1 nitrogen and oxygen atoms in total. The molecule has 0 radical (unpaired) electrons. The Morgan fingerprint density at radius 2 is 1.76 bits per heavy atom. The van der Waals surface area contributed by atoms with Crippen molar-refractivity contribution in [3.63, 3.8) is 0 Å². The van der Waals surface area contributed by atoms with Gasteiger partial charge in [-0.05, 0) is 48.6 Å². The molecule has 2 heteroatoms. The highest BCUT2D eigenvalue weighted by Gasteiger charge is 2.26. The van der Waals surface area contributed by atoms with E-state index in [4.69, 9.17) is 11.6 Å². The quantitative estimate of drug-likeness (QED) is 0.827. The molecule has 96 valence electrons. The van der Waals surface area contributed by atoms with Crippen molar-refractivity contribution >= 4 is 11.6 Å². The van der Waals surface area contributed by atoms with Gasteiger partial charge in [-0.15, -0.1) is 0 Å². The molecule has 1 atom stereocenters. The Labute approximate surface area is 111 Å². The summed E-state index contributed by atoms with van der Waals surface area (Å²) in [5.74, 6) is 0. The maximum atomic E-state index is 6.16. The number of aryl methyl sites for hydroxylation is 2. The van der Waals surface area contributed by atoms with Crippen LogP contribution in [-0.4, -0.2) is 6.54 Å². The smallest absolute Gasteiger partial charge is 0.0438 e. The van der Waals surface area contributed by atoms with Gasteiger partial charge in [-0.2, -0.15) is 0 Å². The molecule has 0 saturated carbocycles. The van der Waals surface area contributed by atoms with Crippen molar-refractivity contribution in [1.82, 2.24) is 5.32 Å². The van der Waals surface area contributed by atoms with Gasteiger partial charge in [-0.25, -0.2) is 0 Å². The van der Waals surface area contributed by atoms with Crippen LogP contribution in [0, 0.1) is 19.3 Å². The van der Waals surface area contributed by atoms with Crippen LogP contribution in [-0.2, 0) is 0 Å². The molecular formula is C15H24ClN. The third-order valence-corrected chi connectivity index (χ3v) is 3.54. The SMILES string of the molecule is CCNC(c1cc(C)c(Cl)cc1C)C(C)(C)C. The zero-order chi connectivity index (χ0) is 13.2. The first-order valence-electron chi connectivity index (χ1n) is 6.27.